The van der Waals surface area contributed by atoms with Gasteiger partial charge in [0, 0.05) is 12.5 Å². The van der Waals surface area contributed by atoms with Gasteiger partial charge in [0.05, 0.1) is 0 Å². The van der Waals surface area contributed by atoms with Gasteiger partial charge in [-0.15, -0.1) is 5.54 Å². The summed E-state index contributed by atoms with van der Waals surface area (Å²) in [6, 6.07) is 0. The van der Waals surface area contributed by atoms with Crippen molar-refractivity contribution in [1.82, 2.24) is 0 Å². The van der Waals surface area contributed by atoms with E-state index in [0.717, 1.165) is 19.3 Å². The first-order valence-electron chi connectivity index (χ1n) is 5.25. The number of aliphatic hydroxyl groups is 2. The molecule has 0 bridgehead atoms. The van der Waals surface area contributed by atoms with Crippen LogP contribution in [0.2, 0.25) is 19.6 Å². The molecule has 80 valence electrons. The molecule has 3 heteroatoms. The van der Waals surface area contributed by atoms with Crippen LogP contribution in [0.1, 0.15) is 19.3 Å². The maximum atomic E-state index is 10.2. The number of aliphatic hydroxyl groups excluding tert-OH is 1. The van der Waals surface area contributed by atoms with Crippen LogP contribution in [0.3, 0.4) is 0 Å². The molecule has 2 atom stereocenters. The zero-order valence-corrected chi connectivity index (χ0v) is 10.3. The Morgan fingerprint density at radius 3 is 2.57 bits per heavy atom. The minimum Gasteiger partial charge on any atom is -0.396 e. The molecule has 1 fully saturated rings. The van der Waals surface area contributed by atoms with Gasteiger partial charge in [0.15, 0.2) is 0 Å². The second-order valence-electron chi connectivity index (χ2n) is 5.20. The summed E-state index contributed by atoms with van der Waals surface area (Å²) in [4.78, 5) is 0. The SMILES string of the molecule is C[Si](C)(C)C#C[C@@]1(O)CCC[C@H]1CO. The second kappa shape index (κ2) is 4.06. The fraction of sp³-hybridized carbons (Fsp3) is 0.818. The highest BCUT2D eigenvalue weighted by molar-refractivity contribution is 6.83. The summed E-state index contributed by atoms with van der Waals surface area (Å²) in [6.45, 7) is 6.53. The van der Waals surface area contributed by atoms with E-state index in [1.165, 1.54) is 0 Å². The Hall–Kier alpha value is -0.303. The quantitative estimate of drug-likeness (QED) is 0.509. The van der Waals surface area contributed by atoms with Crippen LogP contribution in [0, 0.1) is 17.4 Å². The maximum absolute atomic E-state index is 10.2. The first-order chi connectivity index (χ1) is 6.37. The lowest BCUT2D eigenvalue weighted by atomic mass is 9.93. The lowest BCUT2D eigenvalue weighted by molar-refractivity contribution is 0.0324. The van der Waals surface area contributed by atoms with Crippen molar-refractivity contribution in [3.05, 3.63) is 0 Å². The summed E-state index contributed by atoms with van der Waals surface area (Å²) >= 11 is 0. The Morgan fingerprint density at radius 2 is 2.07 bits per heavy atom. The minimum absolute atomic E-state index is 0.0358. The van der Waals surface area contributed by atoms with Crippen LogP contribution in [0.5, 0.6) is 0 Å². The van der Waals surface area contributed by atoms with Crippen molar-refractivity contribution in [3.63, 3.8) is 0 Å². The molecule has 0 amide bonds. The van der Waals surface area contributed by atoms with Crippen molar-refractivity contribution in [3.8, 4) is 11.5 Å². The molecule has 2 nitrogen and oxygen atoms in total. The predicted octanol–water partition coefficient (Wildman–Crippen LogP) is 1.39. The molecular formula is C11H20O2Si. The monoisotopic (exact) mass is 212 g/mol. The molecule has 0 aromatic heterocycles. The molecule has 0 aliphatic heterocycles. The second-order valence-corrected chi connectivity index (χ2v) is 9.95. The molecule has 0 aromatic carbocycles. The summed E-state index contributed by atoms with van der Waals surface area (Å²) in [5.41, 5.74) is 2.29. The van der Waals surface area contributed by atoms with E-state index in [-0.39, 0.29) is 12.5 Å². The molecule has 14 heavy (non-hydrogen) atoms. The smallest absolute Gasteiger partial charge is 0.129 e. The molecule has 0 unspecified atom stereocenters. The molecule has 1 aliphatic rings. The van der Waals surface area contributed by atoms with E-state index in [1.54, 1.807) is 0 Å². The Labute approximate surface area is 87.4 Å². The van der Waals surface area contributed by atoms with Crippen LogP contribution in [0.15, 0.2) is 0 Å². The lowest BCUT2D eigenvalue weighted by Gasteiger charge is -2.23. The van der Waals surface area contributed by atoms with E-state index in [1.807, 2.05) is 0 Å². The van der Waals surface area contributed by atoms with Gasteiger partial charge >= 0.3 is 0 Å². The van der Waals surface area contributed by atoms with E-state index >= 15 is 0 Å². The third kappa shape index (κ3) is 2.84. The van der Waals surface area contributed by atoms with E-state index in [2.05, 4.69) is 31.1 Å². The third-order valence-electron chi connectivity index (χ3n) is 2.66. The number of rotatable bonds is 1. The average molecular weight is 212 g/mol. The van der Waals surface area contributed by atoms with Gasteiger partial charge in [-0.1, -0.05) is 25.6 Å². The summed E-state index contributed by atoms with van der Waals surface area (Å²) in [5.74, 6) is 2.97. The molecule has 0 saturated heterocycles. The molecule has 0 radical (unpaired) electrons. The number of hydrogen-bond donors (Lipinski definition) is 2. The van der Waals surface area contributed by atoms with E-state index < -0.39 is 13.7 Å². The molecule has 0 heterocycles. The van der Waals surface area contributed by atoms with Gasteiger partial charge in [-0.25, -0.2) is 0 Å². The predicted molar refractivity (Wildman–Crippen MR) is 60.5 cm³/mol. The van der Waals surface area contributed by atoms with E-state index in [9.17, 15) is 5.11 Å². The van der Waals surface area contributed by atoms with Crippen LogP contribution in [-0.4, -0.2) is 30.5 Å². The highest BCUT2D eigenvalue weighted by atomic mass is 28.3. The summed E-state index contributed by atoms with van der Waals surface area (Å²) in [6.07, 6.45) is 2.59. The molecule has 2 N–H and O–H groups in total. The highest BCUT2D eigenvalue weighted by Gasteiger charge is 2.39. The molecule has 0 spiro atoms. The minimum atomic E-state index is -1.42. The van der Waals surface area contributed by atoms with Crippen LogP contribution < -0.4 is 0 Å². The largest absolute Gasteiger partial charge is 0.396 e. The van der Waals surface area contributed by atoms with Crippen molar-refractivity contribution in [2.24, 2.45) is 5.92 Å². The van der Waals surface area contributed by atoms with Crippen molar-refractivity contribution in [1.29, 1.82) is 0 Å². The van der Waals surface area contributed by atoms with Gasteiger partial charge in [-0.05, 0) is 19.3 Å². The van der Waals surface area contributed by atoms with Gasteiger partial charge in [0.25, 0.3) is 0 Å². The molecule has 1 saturated carbocycles. The summed E-state index contributed by atoms with van der Waals surface area (Å²) in [7, 11) is -1.42. The topological polar surface area (TPSA) is 40.5 Å². The number of hydrogen-bond acceptors (Lipinski definition) is 2. The standard InChI is InChI=1S/C11H20O2Si/c1-14(2,3)8-7-11(13)6-4-5-10(11)9-12/h10,12-13H,4-6,9H2,1-3H3/t10-,11-/m0/s1. The van der Waals surface area contributed by atoms with Gasteiger partial charge in [0.1, 0.15) is 13.7 Å². The van der Waals surface area contributed by atoms with Gasteiger partial charge < -0.3 is 10.2 Å². The zero-order valence-electron chi connectivity index (χ0n) is 9.30. The fourth-order valence-electron chi connectivity index (χ4n) is 1.76. The molecule has 1 aliphatic carbocycles. The summed E-state index contributed by atoms with van der Waals surface area (Å²) < 4.78 is 0. The Morgan fingerprint density at radius 1 is 1.43 bits per heavy atom. The summed E-state index contributed by atoms with van der Waals surface area (Å²) in [5, 5.41) is 19.3. The van der Waals surface area contributed by atoms with Crippen LogP contribution in [0.25, 0.3) is 0 Å². The Balaban J connectivity index is 2.78. The fourth-order valence-corrected chi connectivity index (χ4v) is 2.35. The van der Waals surface area contributed by atoms with Gasteiger partial charge in [0.2, 0.25) is 0 Å². The first-order valence-corrected chi connectivity index (χ1v) is 8.75. The van der Waals surface area contributed by atoms with E-state index in [4.69, 9.17) is 5.11 Å². The highest BCUT2D eigenvalue weighted by Crippen LogP contribution is 2.34. The average Bonchev–Trinajstić information content (AvgIpc) is 2.43. The van der Waals surface area contributed by atoms with Gasteiger partial charge in [-0.3, -0.25) is 0 Å². The van der Waals surface area contributed by atoms with Crippen LogP contribution in [0.4, 0.5) is 0 Å². The van der Waals surface area contributed by atoms with Crippen LogP contribution in [-0.2, 0) is 0 Å². The lowest BCUT2D eigenvalue weighted by Crippen LogP contribution is -2.34. The first kappa shape index (κ1) is 11.8. The maximum Gasteiger partial charge on any atom is 0.129 e. The van der Waals surface area contributed by atoms with E-state index in [0.29, 0.717) is 0 Å². The van der Waals surface area contributed by atoms with Crippen LogP contribution >= 0.6 is 0 Å². The van der Waals surface area contributed by atoms with Crippen molar-refractivity contribution in [2.45, 2.75) is 44.5 Å². The molecule has 0 aromatic rings. The molecule has 1 rings (SSSR count). The Bertz CT molecular complexity index is 259. The third-order valence-corrected chi connectivity index (χ3v) is 3.54. The Kier molecular flexibility index (Phi) is 3.41. The zero-order chi connectivity index (χ0) is 10.8. The van der Waals surface area contributed by atoms with Gasteiger partial charge in [-0.2, -0.15) is 0 Å². The van der Waals surface area contributed by atoms with Crippen molar-refractivity contribution in [2.75, 3.05) is 6.61 Å². The normalized spacial score (nSPS) is 32.5. The molecular weight excluding hydrogens is 192 g/mol. The van der Waals surface area contributed by atoms with Crippen molar-refractivity contribution < 1.29 is 10.2 Å². The van der Waals surface area contributed by atoms with Crippen molar-refractivity contribution >= 4 is 8.07 Å².